The number of halogens is 1. The molecule has 0 unspecified atom stereocenters. The first kappa shape index (κ1) is 15.8. The second-order valence-corrected chi connectivity index (χ2v) is 5.46. The lowest BCUT2D eigenvalue weighted by Crippen LogP contribution is -2.14. The third-order valence-corrected chi connectivity index (χ3v) is 3.62. The molecule has 2 aromatic carbocycles. The van der Waals surface area contributed by atoms with Crippen molar-refractivity contribution in [2.24, 2.45) is 0 Å². The Hall–Kier alpha value is -3.68. The number of fused-ring (bicyclic) bond motifs is 1. The summed E-state index contributed by atoms with van der Waals surface area (Å²) in [5, 5.41) is 13.5. The maximum absolute atomic E-state index is 13.2. The minimum atomic E-state index is -0.409. The zero-order valence-electron chi connectivity index (χ0n) is 13.4. The molecule has 2 N–H and O–H groups in total. The molecule has 3 aromatic rings. The van der Waals surface area contributed by atoms with Crippen LogP contribution in [0.2, 0.25) is 0 Å². The fourth-order valence-electron chi connectivity index (χ4n) is 2.40. The van der Waals surface area contributed by atoms with Crippen LogP contribution in [0.3, 0.4) is 0 Å². The first-order valence-corrected chi connectivity index (χ1v) is 7.75. The van der Waals surface area contributed by atoms with Crippen LogP contribution < -0.4 is 20.1 Å². The molecular weight excluding hydrogens is 339 g/mol. The van der Waals surface area contributed by atoms with Gasteiger partial charge in [0.2, 0.25) is 6.79 Å². The van der Waals surface area contributed by atoms with E-state index in [9.17, 15) is 9.18 Å². The topological polar surface area (TPSA) is 85.4 Å². The summed E-state index contributed by atoms with van der Waals surface area (Å²) in [6.45, 7) is 0.165. The summed E-state index contributed by atoms with van der Waals surface area (Å²) in [7, 11) is 0. The molecule has 7 nitrogen and oxygen atoms in total. The van der Waals surface area contributed by atoms with Crippen molar-refractivity contribution in [2.45, 2.75) is 0 Å². The molecule has 2 heterocycles. The highest BCUT2D eigenvalue weighted by molar-refractivity contribution is 6.03. The van der Waals surface area contributed by atoms with E-state index in [1.165, 1.54) is 18.2 Å². The van der Waals surface area contributed by atoms with Crippen molar-refractivity contribution < 1.29 is 18.7 Å². The monoisotopic (exact) mass is 352 g/mol. The van der Waals surface area contributed by atoms with Crippen molar-refractivity contribution in [3.8, 4) is 11.5 Å². The van der Waals surface area contributed by atoms with Crippen molar-refractivity contribution >= 4 is 23.1 Å². The number of carbonyl (C=O) groups is 1. The Morgan fingerprint density at radius 2 is 1.85 bits per heavy atom. The molecule has 0 saturated carbocycles. The highest BCUT2D eigenvalue weighted by Gasteiger charge is 2.15. The number of amides is 1. The lowest BCUT2D eigenvalue weighted by Gasteiger charge is -2.07. The van der Waals surface area contributed by atoms with Gasteiger partial charge in [-0.15, -0.1) is 10.2 Å². The van der Waals surface area contributed by atoms with Crippen LogP contribution in [-0.4, -0.2) is 22.9 Å². The van der Waals surface area contributed by atoms with E-state index in [1.807, 2.05) is 0 Å². The molecule has 0 aliphatic carbocycles. The SMILES string of the molecule is O=C(Nc1ccc2c(c1)OCO2)c1ccc(Nc2cccc(F)c2)nn1. The standard InChI is InChI=1S/C18H13FN4O3/c19-11-2-1-3-12(8-11)20-17-7-5-14(22-23-17)18(24)21-13-4-6-15-16(9-13)26-10-25-15/h1-9H,10H2,(H,20,23)(H,21,24). The van der Waals surface area contributed by atoms with Gasteiger partial charge in [-0.25, -0.2) is 4.39 Å². The zero-order chi connectivity index (χ0) is 17.9. The Kier molecular flexibility index (Phi) is 4.06. The van der Waals surface area contributed by atoms with E-state index in [2.05, 4.69) is 20.8 Å². The van der Waals surface area contributed by atoms with Gasteiger partial charge in [0.05, 0.1) is 0 Å². The number of nitrogens with one attached hydrogen (secondary N) is 2. The van der Waals surface area contributed by atoms with Crippen molar-refractivity contribution in [3.05, 3.63) is 66.1 Å². The van der Waals surface area contributed by atoms with Crippen LogP contribution in [0.15, 0.2) is 54.6 Å². The fraction of sp³-hybridized carbons (Fsp3) is 0.0556. The van der Waals surface area contributed by atoms with Crippen LogP contribution in [0.25, 0.3) is 0 Å². The molecule has 0 spiro atoms. The molecule has 130 valence electrons. The van der Waals surface area contributed by atoms with Crippen LogP contribution in [0.4, 0.5) is 21.6 Å². The molecule has 0 saturated heterocycles. The molecule has 1 aliphatic heterocycles. The molecule has 0 atom stereocenters. The molecule has 4 rings (SSSR count). The third kappa shape index (κ3) is 3.39. The van der Waals surface area contributed by atoms with E-state index < -0.39 is 5.91 Å². The van der Waals surface area contributed by atoms with E-state index in [0.717, 1.165) is 0 Å². The minimum Gasteiger partial charge on any atom is -0.454 e. The predicted octanol–water partition coefficient (Wildman–Crippen LogP) is 3.34. The number of carbonyl (C=O) groups excluding carboxylic acids is 1. The number of benzene rings is 2. The third-order valence-electron chi connectivity index (χ3n) is 3.62. The maximum Gasteiger partial charge on any atom is 0.276 e. The number of aromatic nitrogens is 2. The Bertz CT molecular complexity index is 963. The number of anilines is 3. The first-order valence-electron chi connectivity index (χ1n) is 7.75. The number of ether oxygens (including phenoxy) is 2. The second-order valence-electron chi connectivity index (χ2n) is 5.46. The number of hydrogen-bond acceptors (Lipinski definition) is 6. The molecule has 0 bridgehead atoms. The Morgan fingerprint density at radius 1 is 0.962 bits per heavy atom. The van der Waals surface area contributed by atoms with Gasteiger partial charge in [0.1, 0.15) is 5.82 Å². The van der Waals surface area contributed by atoms with Gasteiger partial charge in [-0.05, 0) is 42.5 Å². The summed E-state index contributed by atoms with van der Waals surface area (Å²) in [5.74, 6) is 0.839. The van der Waals surface area contributed by atoms with Gasteiger partial charge >= 0.3 is 0 Å². The number of hydrogen-bond donors (Lipinski definition) is 2. The summed E-state index contributed by atoms with van der Waals surface area (Å²) in [6, 6.07) is 14.2. The summed E-state index contributed by atoms with van der Waals surface area (Å²) in [6.07, 6.45) is 0. The molecule has 1 aromatic heterocycles. The molecule has 1 amide bonds. The van der Waals surface area contributed by atoms with Gasteiger partial charge in [-0.2, -0.15) is 0 Å². The van der Waals surface area contributed by atoms with E-state index in [1.54, 1.807) is 36.4 Å². The van der Waals surface area contributed by atoms with Gasteiger partial charge < -0.3 is 20.1 Å². The van der Waals surface area contributed by atoms with Crippen LogP contribution in [0.5, 0.6) is 11.5 Å². The van der Waals surface area contributed by atoms with Crippen LogP contribution in [0.1, 0.15) is 10.5 Å². The summed E-state index contributed by atoms with van der Waals surface area (Å²) < 4.78 is 23.7. The highest BCUT2D eigenvalue weighted by atomic mass is 19.1. The van der Waals surface area contributed by atoms with Gasteiger partial charge in [0, 0.05) is 17.4 Å². The average molecular weight is 352 g/mol. The van der Waals surface area contributed by atoms with Crippen molar-refractivity contribution in [3.63, 3.8) is 0 Å². The van der Waals surface area contributed by atoms with Crippen molar-refractivity contribution in [1.29, 1.82) is 0 Å². The Labute approximate surface area is 147 Å². The normalized spacial score (nSPS) is 11.9. The molecule has 0 radical (unpaired) electrons. The highest BCUT2D eigenvalue weighted by Crippen LogP contribution is 2.34. The van der Waals surface area contributed by atoms with Crippen LogP contribution in [0, 0.1) is 5.82 Å². The predicted molar refractivity (Wildman–Crippen MR) is 92.2 cm³/mol. The lowest BCUT2D eigenvalue weighted by atomic mass is 10.2. The van der Waals surface area contributed by atoms with Crippen molar-refractivity contribution in [1.82, 2.24) is 10.2 Å². The largest absolute Gasteiger partial charge is 0.454 e. The van der Waals surface area contributed by atoms with Gasteiger partial charge in [-0.1, -0.05) is 6.07 Å². The quantitative estimate of drug-likeness (QED) is 0.749. The van der Waals surface area contributed by atoms with Gasteiger partial charge in [-0.3, -0.25) is 4.79 Å². The van der Waals surface area contributed by atoms with Crippen LogP contribution in [-0.2, 0) is 0 Å². The van der Waals surface area contributed by atoms with E-state index in [4.69, 9.17) is 9.47 Å². The number of nitrogens with zero attached hydrogens (tertiary/aromatic N) is 2. The Morgan fingerprint density at radius 3 is 2.65 bits per heavy atom. The van der Waals surface area contributed by atoms with E-state index >= 15 is 0 Å². The number of rotatable bonds is 4. The maximum atomic E-state index is 13.2. The smallest absolute Gasteiger partial charge is 0.276 e. The van der Waals surface area contributed by atoms with Crippen LogP contribution >= 0.6 is 0 Å². The molecule has 26 heavy (non-hydrogen) atoms. The molecular formula is C18H13FN4O3. The molecule has 0 fully saturated rings. The fourth-order valence-corrected chi connectivity index (χ4v) is 2.40. The minimum absolute atomic E-state index is 0.146. The van der Waals surface area contributed by atoms with Crippen molar-refractivity contribution in [2.75, 3.05) is 17.4 Å². The van der Waals surface area contributed by atoms with Gasteiger partial charge in [0.25, 0.3) is 5.91 Å². The average Bonchev–Trinajstić information content (AvgIpc) is 3.10. The van der Waals surface area contributed by atoms with Gasteiger partial charge in [0.15, 0.2) is 23.0 Å². The lowest BCUT2D eigenvalue weighted by molar-refractivity contribution is 0.102. The molecule has 8 heteroatoms. The summed E-state index contributed by atoms with van der Waals surface area (Å²) in [5.41, 5.74) is 1.24. The Balaban J connectivity index is 1.43. The van der Waals surface area contributed by atoms with E-state index in [-0.39, 0.29) is 18.3 Å². The zero-order valence-corrected chi connectivity index (χ0v) is 13.4. The summed E-state index contributed by atoms with van der Waals surface area (Å²) >= 11 is 0. The molecule has 1 aliphatic rings. The summed E-state index contributed by atoms with van der Waals surface area (Å²) in [4.78, 5) is 12.3. The first-order chi connectivity index (χ1) is 12.7. The second kappa shape index (κ2) is 6.67. The van der Waals surface area contributed by atoms with E-state index in [0.29, 0.717) is 28.7 Å².